The molecule has 0 unspecified atom stereocenters. The summed E-state index contributed by atoms with van der Waals surface area (Å²) in [7, 11) is 0. The molecule has 1 atom stereocenters. The van der Waals surface area contributed by atoms with Crippen molar-refractivity contribution in [3.63, 3.8) is 0 Å². The van der Waals surface area contributed by atoms with Crippen LogP contribution in [-0.4, -0.2) is 27.3 Å². The molecule has 1 aromatic carbocycles. The molecule has 0 saturated carbocycles. The van der Waals surface area contributed by atoms with Crippen LogP contribution in [0.1, 0.15) is 34.7 Å². The van der Waals surface area contributed by atoms with E-state index in [1.165, 1.54) is 0 Å². The Morgan fingerprint density at radius 3 is 2.94 bits per heavy atom. The molecule has 0 bridgehead atoms. The van der Waals surface area contributed by atoms with Crippen molar-refractivity contribution in [3.8, 4) is 0 Å². The van der Waals surface area contributed by atoms with E-state index in [0.717, 1.165) is 29.9 Å². The van der Waals surface area contributed by atoms with Gasteiger partial charge < -0.3 is 9.88 Å². The number of benzene rings is 1. The fourth-order valence-corrected chi connectivity index (χ4v) is 2.49. The van der Waals surface area contributed by atoms with Crippen molar-refractivity contribution in [3.05, 3.63) is 53.6 Å². The molecule has 0 fully saturated rings. The minimum atomic E-state index is 0.0349. The van der Waals surface area contributed by atoms with E-state index >= 15 is 0 Å². The van der Waals surface area contributed by atoms with Gasteiger partial charge in [0.05, 0.1) is 18.1 Å². The number of aromatic amines is 1. The molecule has 0 aliphatic carbocycles. The number of carbonyl (C=O) groups is 1. The molecule has 1 amide bonds. The number of rotatable bonds is 1. The summed E-state index contributed by atoms with van der Waals surface area (Å²) >= 11 is 0. The lowest BCUT2D eigenvalue weighted by Gasteiger charge is -2.32. The molecule has 92 valence electrons. The molecule has 2 aromatic rings. The van der Waals surface area contributed by atoms with Gasteiger partial charge in [-0.2, -0.15) is 0 Å². The van der Waals surface area contributed by atoms with E-state index < -0.39 is 0 Å². The summed E-state index contributed by atoms with van der Waals surface area (Å²) in [5, 5.41) is 0. The second-order valence-electron chi connectivity index (χ2n) is 4.56. The van der Waals surface area contributed by atoms with Crippen molar-refractivity contribution in [2.45, 2.75) is 19.4 Å². The molecule has 2 heterocycles. The fraction of sp³-hybridized carbons (Fsp3) is 0.286. The van der Waals surface area contributed by atoms with Crippen LogP contribution in [0.3, 0.4) is 0 Å². The molecule has 18 heavy (non-hydrogen) atoms. The van der Waals surface area contributed by atoms with Crippen LogP contribution >= 0.6 is 0 Å². The van der Waals surface area contributed by atoms with Crippen LogP contribution in [0.2, 0.25) is 0 Å². The Morgan fingerprint density at radius 2 is 2.17 bits per heavy atom. The van der Waals surface area contributed by atoms with Gasteiger partial charge in [-0.3, -0.25) is 4.79 Å². The van der Waals surface area contributed by atoms with E-state index in [1.807, 2.05) is 42.2 Å². The van der Waals surface area contributed by atoms with Gasteiger partial charge in [-0.25, -0.2) is 4.98 Å². The zero-order valence-electron chi connectivity index (χ0n) is 10.3. The Morgan fingerprint density at radius 1 is 1.39 bits per heavy atom. The maximum atomic E-state index is 12.4. The van der Waals surface area contributed by atoms with Gasteiger partial charge in [0.15, 0.2) is 0 Å². The van der Waals surface area contributed by atoms with E-state index in [0.29, 0.717) is 0 Å². The molecule has 0 saturated heterocycles. The molecule has 4 nitrogen and oxygen atoms in total. The van der Waals surface area contributed by atoms with Gasteiger partial charge in [-0.15, -0.1) is 0 Å². The number of H-pyrrole nitrogens is 1. The molecule has 1 aliphatic rings. The Kier molecular flexibility index (Phi) is 2.63. The normalized spacial score (nSPS) is 18.5. The van der Waals surface area contributed by atoms with Gasteiger partial charge in [-0.05, 0) is 19.1 Å². The first-order valence-electron chi connectivity index (χ1n) is 6.15. The van der Waals surface area contributed by atoms with E-state index in [4.69, 9.17) is 0 Å². The molecule has 4 heteroatoms. The number of hydrogen-bond donors (Lipinski definition) is 1. The zero-order chi connectivity index (χ0) is 12.5. The van der Waals surface area contributed by atoms with Crippen molar-refractivity contribution in [1.82, 2.24) is 14.9 Å². The molecular weight excluding hydrogens is 226 g/mol. The summed E-state index contributed by atoms with van der Waals surface area (Å²) in [6.07, 6.45) is 2.55. The number of aromatic nitrogens is 2. The van der Waals surface area contributed by atoms with E-state index in [-0.39, 0.29) is 11.9 Å². The van der Waals surface area contributed by atoms with Gasteiger partial charge in [0.25, 0.3) is 5.91 Å². The lowest BCUT2D eigenvalue weighted by molar-refractivity contribution is 0.0673. The number of nitrogens with zero attached hydrogens (tertiary/aromatic N) is 2. The highest BCUT2D eigenvalue weighted by Crippen LogP contribution is 2.27. The van der Waals surface area contributed by atoms with Crippen molar-refractivity contribution < 1.29 is 4.79 Å². The summed E-state index contributed by atoms with van der Waals surface area (Å²) in [4.78, 5) is 21.8. The summed E-state index contributed by atoms with van der Waals surface area (Å²) in [5.41, 5.74) is 2.88. The maximum Gasteiger partial charge on any atom is 0.254 e. The third-order valence-electron chi connectivity index (χ3n) is 3.50. The lowest BCUT2D eigenvalue weighted by Crippen LogP contribution is -2.38. The third-order valence-corrected chi connectivity index (χ3v) is 3.50. The maximum absolute atomic E-state index is 12.4. The van der Waals surface area contributed by atoms with Crippen LogP contribution in [0.5, 0.6) is 0 Å². The number of hydrogen-bond acceptors (Lipinski definition) is 2. The largest absolute Gasteiger partial charge is 0.348 e. The highest BCUT2D eigenvalue weighted by Gasteiger charge is 2.29. The van der Waals surface area contributed by atoms with Gasteiger partial charge in [0.2, 0.25) is 0 Å². The van der Waals surface area contributed by atoms with E-state index in [2.05, 4.69) is 9.97 Å². The van der Waals surface area contributed by atoms with Crippen molar-refractivity contribution >= 4 is 5.91 Å². The summed E-state index contributed by atoms with van der Waals surface area (Å²) in [6.45, 7) is 2.77. The van der Waals surface area contributed by atoms with Crippen molar-refractivity contribution in [1.29, 1.82) is 0 Å². The number of amides is 1. The molecule has 0 spiro atoms. The molecule has 3 rings (SSSR count). The predicted molar refractivity (Wildman–Crippen MR) is 68.2 cm³/mol. The second kappa shape index (κ2) is 4.29. The average Bonchev–Trinajstić information content (AvgIpc) is 2.89. The number of fused-ring (bicyclic) bond motifs is 1. The number of carbonyl (C=O) groups excluding carboxylic acids is 1. The molecular formula is C14H15N3O. The van der Waals surface area contributed by atoms with Gasteiger partial charge in [0, 0.05) is 24.2 Å². The lowest BCUT2D eigenvalue weighted by atomic mass is 10.0. The van der Waals surface area contributed by atoms with Gasteiger partial charge >= 0.3 is 0 Å². The van der Waals surface area contributed by atoms with Crippen molar-refractivity contribution in [2.24, 2.45) is 0 Å². The first-order chi connectivity index (χ1) is 8.77. The monoisotopic (exact) mass is 241 g/mol. The minimum Gasteiger partial charge on any atom is -0.348 e. The second-order valence-corrected chi connectivity index (χ2v) is 4.56. The minimum absolute atomic E-state index is 0.0349. The molecule has 1 aliphatic heterocycles. The Labute approximate surface area is 106 Å². The Bertz CT molecular complexity index is 561. The highest BCUT2D eigenvalue weighted by atomic mass is 16.2. The average molecular weight is 241 g/mol. The van der Waals surface area contributed by atoms with Crippen molar-refractivity contribution in [2.75, 3.05) is 6.54 Å². The molecule has 1 aromatic heterocycles. The van der Waals surface area contributed by atoms with Crippen LogP contribution in [0.15, 0.2) is 36.7 Å². The molecule has 1 N–H and O–H groups in total. The quantitative estimate of drug-likeness (QED) is 0.831. The Hall–Kier alpha value is -2.10. The van der Waals surface area contributed by atoms with E-state index in [1.54, 1.807) is 6.33 Å². The highest BCUT2D eigenvalue weighted by molar-refractivity contribution is 5.94. The summed E-state index contributed by atoms with van der Waals surface area (Å²) < 4.78 is 0. The summed E-state index contributed by atoms with van der Waals surface area (Å²) in [6, 6.07) is 9.45. The number of nitrogens with one attached hydrogen (secondary N) is 1. The molecule has 0 radical (unpaired) electrons. The standard InChI is InChI=1S/C14H15N3O/c1-10-13-12(15-9-16-13)7-8-17(10)14(18)11-5-3-2-4-6-11/h2-6,9-10H,7-8H2,1H3,(H,15,16)/t10-/m0/s1. The third kappa shape index (κ3) is 1.70. The predicted octanol–water partition coefficient (Wildman–Crippen LogP) is 2.17. The number of imidazole rings is 1. The van der Waals surface area contributed by atoms with Gasteiger partial charge in [0.1, 0.15) is 0 Å². The van der Waals surface area contributed by atoms with Crippen LogP contribution in [-0.2, 0) is 6.42 Å². The SMILES string of the molecule is C[C@H]1c2nc[nH]c2CCN1C(=O)c1ccccc1. The van der Waals surface area contributed by atoms with E-state index in [9.17, 15) is 4.79 Å². The van der Waals surface area contributed by atoms with Crippen LogP contribution in [0.25, 0.3) is 0 Å². The van der Waals surface area contributed by atoms with Gasteiger partial charge in [-0.1, -0.05) is 18.2 Å². The van der Waals surface area contributed by atoms with Crippen LogP contribution < -0.4 is 0 Å². The van der Waals surface area contributed by atoms with Crippen LogP contribution in [0, 0.1) is 0 Å². The zero-order valence-corrected chi connectivity index (χ0v) is 10.3. The fourth-order valence-electron chi connectivity index (χ4n) is 2.49. The first kappa shape index (κ1) is 11.0. The Balaban J connectivity index is 1.89. The summed E-state index contributed by atoms with van der Waals surface area (Å²) in [5.74, 6) is 0.0803. The first-order valence-corrected chi connectivity index (χ1v) is 6.15. The topological polar surface area (TPSA) is 49.0 Å². The smallest absolute Gasteiger partial charge is 0.254 e. The van der Waals surface area contributed by atoms with Crippen LogP contribution in [0.4, 0.5) is 0 Å².